The van der Waals surface area contributed by atoms with Crippen LogP contribution in [0, 0.1) is 11.8 Å². The molecule has 0 bridgehead atoms. The fourth-order valence-corrected chi connectivity index (χ4v) is 0.940. The van der Waals surface area contributed by atoms with E-state index in [2.05, 4.69) is 11.8 Å². The Bertz CT molecular complexity index is 332. The quantitative estimate of drug-likeness (QED) is 0.678. The Balaban J connectivity index is 2.71. The van der Waals surface area contributed by atoms with E-state index >= 15 is 0 Å². The summed E-state index contributed by atoms with van der Waals surface area (Å²) in [6.45, 7) is 0. The van der Waals surface area contributed by atoms with Gasteiger partial charge in [-0.15, -0.1) is 0 Å². The molecule has 1 N–H and O–H groups in total. The predicted octanol–water partition coefficient (Wildman–Crippen LogP) is 2.48. The van der Waals surface area contributed by atoms with Crippen LogP contribution in [0.2, 0.25) is 0 Å². The monoisotopic (exact) mass is 192 g/mol. The zero-order valence-corrected chi connectivity index (χ0v) is 7.70. The van der Waals surface area contributed by atoms with Gasteiger partial charge in [-0.2, -0.15) is 0 Å². The Morgan fingerprint density at radius 1 is 1.31 bits per heavy atom. The molecular formula is C11H9ClO. The summed E-state index contributed by atoms with van der Waals surface area (Å²) in [5.74, 6) is 5.25. The van der Waals surface area contributed by atoms with Crippen LogP contribution >= 0.6 is 11.6 Å². The summed E-state index contributed by atoms with van der Waals surface area (Å²) in [7, 11) is 0. The molecular weight excluding hydrogens is 184 g/mol. The Kier molecular flexibility index (Phi) is 4.11. The van der Waals surface area contributed by atoms with Crippen LogP contribution in [0.25, 0.3) is 0 Å². The molecule has 0 fully saturated rings. The zero-order valence-electron chi connectivity index (χ0n) is 6.94. The van der Waals surface area contributed by atoms with Crippen LogP contribution in [0.15, 0.2) is 41.9 Å². The van der Waals surface area contributed by atoms with Crippen LogP contribution in [0.5, 0.6) is 0 Å². The first-order valence-corrected chi connectivity index (χ1v) is 4.27. The average Bonchev–Trinajstić information content (AvgIpc) is 2.19. The summed E-state index contributed by atoms with van der Waals surface area (Å²) < 4.78 is 0. The number of allylic oxidation sites excluding steroid dienone is 1. The highest BCUT2D eigenvalue weighted by atomic mass is 35.5. The molecule has 0 aromatic heterocycles. The topological polar surface area (TPSA) is 20.2 Å². The van der Waals surface area contributed by atoms with Crippen molar-refractivity contribution in [2.24, 2.45) is 0 Å². The van der Waals surface area contributed by atoms with Crippen LogP contribution in [0.1, 0.15) is 11.7 Å². The Labute approximate surface area is 82.7 Å². The molecule has 1 unspecified atom stereocenters. The van der Waals surface area contributed by atoms with E-state index in [0.29, 0.717) is 0 Å². The first kappa shape index (κ1) is 9.85. The maximum Gasteiger partial charge on any atom is 0.140 e. The zero-order chi connectivity index (χ0) is 9.52. The molecule has 1 nitrogen and oxygen atoms in total. The number of rotatable bonds is 1. The van der Waals surface area contributed by atoms with E-state index in [0.717, 1.165) is 5.56 Å². The molecule has 0 aliphatic heterocycles. The highest BCUT2D eigenvalue weighted by Crippen LogP contribution is 2.09. The largest absolute Gasteiger partial charge is 0.376 e. The van der Waals surface area contributed by atoms with Gasteiger partial charge in [0.15, 0.2) is 0 Å². The fraction of sp³-hybridized carbons (Fsp3) is 0.0909. The molecule has 13 heavy (non-hydrogen) atoms. The fourth-order valence-electron chi connectivity index (χ4n) is 0.877. The highest BCUT2D eigenvalue weighted by molar-refractivity contribution is 6.25. The van der Waals surface area contributed by atoms with Gasteiger partial charge in [-0.1, -0.05) is 53.8 Å². The third kappa shape index (κ3) is 3.33. The van der Waals surface area contributed by atoms with Crippen molar-refractivity contribution in [1.29, 1.82) is 0 Å². The number of halogens is 1. The normalized spacial score (nSPS) is 12.2. The van der Waals surface area contributed by atoms with Crippen LogP contribution in [-0.2, 0) is 0 Å². The Morgan fingerprint density at radius 3 is 2.62 bits per heavy atom. The van der Waals surface area contributed by atoms with Gasteiger partial charge in [0.05, 0.1) is 0 Å². The van der Waals surface area contributed by atoms with E-state index in [1.807, 2.05) is 30.3 Å². The molecule has 0 spiro atoms. The average molecular weight is 193 g/mol. The van der Waals surface area contributed by atoms with E-state index < -0.39 is 6.10 Å². The van der Waals surface area contributed by atoms with Crippen LogP contribution < -0.4 is 0 Å². The lowest BCUT2D eigenvalue weighted by molar-refractivity contribution is 0.238. The molecule has 0 heterocycles. The van der Waals surface area contributed by atoms with Gasteiger partial charge >= 0.3 is 0 Å². The van der Waals surface area contributed by atoms with Gasteiger partial charge in [-0.25, -0.2) is 0 Å². The lowest BCUT2D eigenvalue weighted by Crippen LogP contribution is -1.91. The first-order chi connectivity index (χ1) is 6.34. The maximum atomic E-state index is 9.50. The van der Waals surface area contributed by atoms with E-state index in [1.54, 1.807) is 0 Å². The molecule has 0 aliphatic carbocycles. The summed E-state index contributed by atoms with van der Waals surface area (Å²) >= 11 is 5.27. The maximum absolute atomic E-state index is 9.50. The summed E-state index contributed by atoms with van der Waals surface area (Å²) in [6.07, 6.45) is 0.738. The van der Waals surface area contributed by atoms with Crippen LogP contribution in [0.3, 0.4) is 0 Å². The van der Waals surface area contributed by atoms with E-state index in [9.17, 15) is 5.11 Å². The summed E-state index contributed by atoms with van der Waals surface area (Å²) in [5.41, 5.74) is 2.10. The minimum Gasteiger partial charge on any atom is -0.376 e. The Morgan fingerprint density at radius 2 is 2.00 bits per heavy atom. The molecule has 0 saturated carbocycles. The van der Waals surface area contributed by atoms with Gasteiger partial charge in [0, 0.05) is 5.54 Å². The van der Waals surface area contributed by atoms with Crippen molar-refractivity contribution < 1.29 is 5.11 Å². The van der Waals surface area contributed by atoms with E-state index in [-0.39, 0.29) is 0 Å². The van der Waals surface area contributed by atoms with Crippen molar-refractivity contribution in [3.8, 4) is 11.8 Å². The van der Waals surface area contributed by atoms with Gasteiger partial charge in [0.2, 0.25) is 0 Å². The van der Waals surface area contributed by atoms with E-state index in [4.69, 9.17) is 11.6 Å². The van der Waals surface area contributed by atoms with Crippen molar-refractivity contribution >= 4 is 11.6 Å². The van der Waals surface area contributed by atoms with Gasteiger partial charge < -0.3 is 5.11 Å². The molecule has 0 amide bonds. The number of benzene rings is 1. The second-order valence-corrected chi connectivity index (χ2v) is 2.65. The second kappa shape index (κ2) is 5.42. The lowest BCUT2D eigenvalue weighted by Gasteiger charge is -2.01. The molecule has 0 aliphatic rings. The van der Waals surface area contributed by atoms with Gasteiger partial charge in [0.1, 0.15) is 6.10 Å². The predicted molar refractivity (Wildman–Crippen MR) is 54.2 cm³/mol. The standard InChI is InChI=1S/C11H9ClO/c12-9-5-4-8-11(13)10-6-2-1-3-7-10/h1-3,5-7,9,11,13H/b9-5+. The number of hydrogen-bond donors (Lipinski definition) is 1. The molecule has 1 atom stereocenters. The molecule has 1 rings (SSSR count). The second-order valence-electron chi connectivity index (χ2n) is 2.39. The summed E-state index contributed by atoms with van der Waals surface area (Å²) in [6, 6.07) is 9.26. The highest BCUT2D eigenvalue weighted by Gasteiger charge is 1.99. The summed E-state index contributed by atoms with van der Waals surface area (Å²) in [4.78, 5) is 0. The third-order valence-corrected chi connectivity index (χ3v) is 1.61. The SMILES string of the molecule is OC(C#C/C=C/Cl)c1ccccc1. The van der Waals surface area contributed by atoms with Crippen molar-refractivity contribution in [3.05, 3.63) is 47.5 Å². The minimum absolute atomic E-state index is 0.742. The van der Waals surface area contributed by atoms with Gasteiger partial charge in [-0.05, 0) is 11.6 Å². The number of hydrogen-bond acceptors (Lipinski definition) is 1. The number of aliphatic hydroxyl groups is 1. The molecule has 1 aromatic carbocycles. The minimum atomic E-state index is -0.742. The first-order valence-electron chi connectivity index (χ1n) is 3.84. The lowest BCUT2D eigenvalue weighted by atomic mass is 10.1. The van der Waals surface area contributed by atoms with E-state index in [1.165, 1.54) is 11.6 Å². The van der Waals surface area contributed by atoms with Crippen molar-refractivity contribution in [2.75, 3.05) is 0 Å². The molecule has 66 valence electrons. The van der Waals surface area contributed by atoms with Crippen molar-refractivity contribution in [2.45, 2.75) is 6.10 Å². The Hall–Kier alpha value is -1.23. The summed E-state index contributed by atoms with van der Waals surface area (Å²) in [5, 5.41) is 9.50. The smallest absolute Gasteiger partial charge is 0.140 e. The van der Waals surface area contributed by atoms with Gasteiger partial charge in [-0.3, -0.25) is 0 Å². The molecule has 0 saturated heterocycles. The van der Waals surface area contributed by atoms with Crippen LogP contribution in [-0.4, -0.2) is 5.11 Å². The number of aliphatic hydroxyl groups excluding tert-OH is 1. The van der Waals surface area contributed by atoms with Crippen LogP contribution in [0.4, 0.5) is 0 Å². The van der Waals surface area contributed by atoms with Crippen molar-refractivity contribution in [1.82, 2.24) is 0 Å². The molecule has 1 aromatic rings. The third-order valence-electron chi connectivity index (χ3n) is 1.48. The molecule has 0 radical (unpaired) electrons. The molecule has 2 heteroatoms. The van der Waals surface area contributed by atoms with Gasteiger partial charge in [0.25, 0.3) is 0 Å². The van der Waals surface area contributed by atoms with Crippen molar-refractivity contribution in [3.63, 3.8) is 0 Å².